The van der Waals surface area contributed by atoms with Crippen LogP contribution in [0.3, 0.4) is 0 Å². The molecule has 0 spiro atoms. The lowest BCUT2D eigenvalue weighted by Crippen LogP contribution is -2.36. The van der Waals surface area contributed by atoms with Crippen LogP contribution in [-0.4, -0.2) is 53.0 Å². The summed E-state index contributed by atoms with van der Waals surface area (Å²) in [7, 11) is 2.02. The first-order valence-electron chi connectivity index (χ1n) is 6.40. The van der Waals surface area contributed by atoms with Gasteiger partial charge in [-0.1, -0.05) is 0 Å². The maximum Gasteiger partial charge on any atom is 0.328 e. The van der Waals surface area contributed by atoms with Gasteiger partial charge in [0.2, 0.25) is 0 Å². The molecule has 2 N–H and O–H groups in total. The van der Waals surface area contributed by atoms with Gasteiger partial charge in [-0.3, -0.25) is 9.78 Å². The minimum absolute atomic E-state index is 0.158. The van der Waals surface area contributed by atoms with E-state index in [1.807, 2.05) is 7.05 Å². The Labute approximate surface area is 117 Å². The van der Waals surface area contributed by atoms with Crippen molar-refractivity contribution in [2.75, 3.05) is 20.1 Å². The van der Waals surface area contributed by atoms with E-state index in [2.05, 4.69) is 15.2 Å². The number of aliphatic carboxylic acids is 1. The average molecular weight is 275 g/mol. The van der Waals surface area contributed by atoms with Gasteiger partial charge in [0, 0.05) is 31.1 Å². The molecule has 1 unspecified atom stereocenters. The number of hydrogen-bond acceptors (Lipinski definition) is 4. The third-order valence-electron chi connectivity index (χ3n) is 3.17. The SMILES string of the molecule is CN1CCC(NC(=O)c2cncc(C=CC(=O)O)c2)C1. The Hall–Kier alpha value is -2.21. The topological polar surface area (TPSA) is 82.5 Å². The van der Waals surface area contributed by atoms with Crippen LogP contribution in [0, 0.1) is 0 Å². The Kier molecular flexibility index (Phi) is 4.47. The zero-order valence-electron chi connectivity index (χ0n) is 11.2. The van der Waals surface area contributed by atoms with E-state index in [9.17, 15) is 9.59 Å². The summed E-state index contributed by atoms with van der Waals surface area (Å²) >= 11 is 0. The number of nitrogens with one attached hydrogen (secondary N) is 1. The maximum absolute atomic E-state index is 12.1. The highest BCUT2D eigenvalue weighted by Gasteiger charge is 2.21. The second-order valence-electron chi connectivity index (χ2n) is 4.90. The third-order valence-corrected chi connectivity index (χ3v) is 3.17. The van der Waals surface area contributed by atoms with Crippen LogP contribution < -0.4 is 5.32 Å². The molecule has 1 aromatic rings. The lowest BCUT2D eigenvalue weighted by atomic mass is 10.1. The van der Waals surface area contributed by atoms with Crippen LogP contribution in [0.5, 0.6) is 0 Å². The van der Waals surface area contributed by atoms with E-state index in [-0.39, 0.29) is 11.9 Å². The van der Waals surface area contributed by atoms with Gasteiger partial charge in [0.15, 0.2) is 0 Å². The van der Waals surface area contributed by atoms with E-state index >= 15 is 0 Å². The molecule has 1 atom stereocenters. The summed E-state index contributed by atoms with van der Waals surface area (Å²) in [4.78, 5) is 28.7. The van der Waals surface area contributed by atoms with E-state index in [0.29, 0.717) is 11.1 Å². The first kappa shape index (κ1) is 14.2. The highest BCUT2D eigenvalue weighted by atomic mass is 16.4. The van der Waals surface area contributed by atoms with Crippen molar-refractivity contribution in [2.24, 2.45) is 0 Å². The van der Waals surface area contributed by atoms with Crippen LogP contribution in [0.4, 0.5) is 0 Å². The molecule has 0 aliphatic carbocycles. The molecule has 106 valence electrons. The first-order chi connectivity index (χ1) is 9.54. The summed E-state index contributed by atoms with van der Waals surface area (Å²) in [6.07, 6.45) is 6.36. The van der Waals surface area contributed by atoms with Gasteiger partial charge in [0.25, 0.3) is 5.91 Å². The lowest BCUT2D eigenvalue weighted by Gasteiger charge is -2.12. The Morgan fingerprint density at radius 1 is 1.50 bits per heavy atom. The number of likely N-dealkylation sites (tertiary alicyclic amines) is 1. The molecule has 0 radical (unpaired) electrons. The summed E-state index contributed by atoms with van der Waals surface area (Å²) < 4.78 is 0. The number of carbonyl (C=O) groups excluding carboxylic acids is 1. The van der Waals surface area contributed by atoms with Gasteiger partial charge in [-0.25, -0.2) is 4.79 Å². The predicted molar refractivity (Wildman–Crippen MR) is 74.3 cm³/mol. The van der Waals surface area contributed by atoms with Crippen LogP contribution in [0.1, 0.15) is 22.3 Å². The standard InChI is InChI=1S/C14H17N3O3/c1-17-5-4-12(9-17)16-14(20)11-6-10(7-15-8-11)2-3-13(18)19/h2-3,6-8,12H,4-5,9H2,1H3,(H,16,20)(H,18,19). The van der Waals surface area contributed by atoms with Crippen molar-refractivity contribution in [1.82, 2.24) is 15.2 Å². The number of carbonyl (C=O) groups is 2. The minimum Gasteiger partial charge on any atom is -0.478 e. The van der Waals surface area contributed by atoms with E-state index in [0.717, 1.165) is 25.6 Å². The molecule has 1 fully saturated rings. The van der Waals surface area contributed by atoms with E-state index in [1.54, 1.807) is 6.07 Å². The first-order valence-corrected chi connectivity index (χ1v) is 6.40. The fourth-order valence-electron chi connectivity index (χ4n) is 2.16. The van der Waals surface area contributed by atoms with Crippen LogP contribution in [-0.2, 0) is 4.79 Å². The van der Waals surface area contributed by atoms with Gasteiger partial charge in [0.1, 0.15) is 0 Å². The van der Waals surface area contributed by atoms with Crippen molar-refractivity contribution in [1.29, 1.82) is 0 Å². The third kappa shape index (κ3) is 3.89. The number of hydrogen-bond donors (Lipinski definition) is 2. The molecule has 6 nitrogen and oxygen atoms in total. The molecule has 2 rings (SSSR count). The Morgan fingerprint density at radius 3 is 2.95 bits per heavy atom. The number of amides is 1. The molecule has 1 amide bonds. The summed E-state index contributed by atoms with van der Waals surface area (Å²) in [5, 5.41) is 11.5. The molecule has 1 aliphatic heterocycles. The zero-order chi connectivity index (χ0) is 14.5. The molecule has 0 saturated carbocycles. The smallest absolute Gasteiger partial charge is 0.328 e. The summed E-state index contributed by atoms with van der Waals surface area (Å²) in [5.41, 5.74) is 1.02. The van der Waals surface area contributed by atoms with Crippen molar-refractivity contribution < 1.29 is 14.7 Å². The number of carboxylic acids is 1. The van der Waals surface area contributed by atoms with Crippen LogP contribution in [0.2, 0.25) is 0 Å². The summed E-state index contributed by atoms with van der Waals surface area (Å²) in [6.45, 7) is 1.82. The number of nitrogens with zero attached hydrogens (tertiary/aromatic N) is 2. The molecule has 0 bridgehead atoms. The Bertz CT molecular complexity index is 542. The Morgan fingerprint density at radius 2 is 2.30 bits per heavy atom. The van der Waals surface area contributed by atoms with Crippen LogP contribution in [0.15, 0.2) is 24.5 Å². The molecular weight excluding hydrogens is 258 g/mol. The van der Waals surface area contributed by atoms with E-state index in [4.69, 9.17) is 5.11 Å². The zero-order valence-corrected chi connectivity index (χ0v) is 11.2. The molecule has 6 heteroatoms. The molecular formula is C14H17N3O3. The highest BCUT2D eigenvalue weighted by Crippen LogP contribution is 2.09. The van der Waals surface area contributed by atoms with Gasteiger partial charge in [-0.15, -0.1) is 0 Å². The number of carboxylic acid groups (broad SMARTS) is 1. The molecule has 1 aromatic heterocycles. The van der Waals surface area contributed by atoms with Gasteiger partial charge >= 0.3 is 5.97 Å². The average Bonchev–Trinajstić information content (AvgIpc) is 2.82. The molecule has 1 aliphatic rings. The highest BCUT2D eigenvalue weighted by molar-refractivity contribution is 5.95. The van der Waals surface area contributed by atoms with Gasteiger partial charge < -0.3 is 15.3 Å². The van der Waals surface area contributed by atoms with Crippen molar-refractivity contribution in [3.63, 3.8) is 0 Å². The van der Waals surface area contributed by atoms with E-state index < -0.39 is 5.97 Å². The normalized spacial score (nSPS) is 19.4. The maximum atomic E-state index is 12.1. The number of aromatic nitrogens is 1. The Balaban J connectivity index is 2.02. The van der Waals surface area contributed by atoms with E-state index in [1.165, 1.54) is 18.5 Å². The minimum atomic E-state index is -1.03. The fourth-order valence-corrected chi connectivity index (χ4v) is 2.16. The molecule has 1 saturated heterocycles. The lowest BCUT2D eigenvalue weighted by molar-refractivity contribution is -0.131. The van der Waals surface area contributed by atoms with Crippen LogP contribution >= 0.6 is 0 Å². The number of likely N-dealkylation sites (N-methyl/N-ethyl adjacent to an activating group) is 1. The van der Waals surface area contributed by atoms with Crippen molar-refractivity contribution >= 4 is 18.0 Å². The van der Waals surface area contributed by atoms with Crippen molar-refractivity contribution in [3.05, 3.63) is 35.7 Å². The summed E-state index contributed by atoms with van der Waals surface area (Å²) in [6, 6.07) is 1.78. The molecule has 20 heavy (non-hydrogen) atoms. The van der Waals surface area contributed by atoms with Crippen LogP contribution in [0.25, 0.3) is 6.08 Å². The largest absolute Gasteiger partial charge is 0.478 e. The van der Waals surface area contributed by atoms with Crippen molar-refractivity contribution in [2.45, 2.75) is 12.5 Å². The molecule has 0 aromatic carbocycles. The quantitative estimate of drug-likeness (QED) is 0.787. The van der Waals surface area contributed by atoms with Gasteiger partial charge in [-0.2, -0.15) is 0 Å². The van der Waals surface area contributed by atoms with Gasteiger partial charge in [0.05, 0.1) is 5.56 Å². The second kappa shape index (κ2) is 6.29. The summed E-state index contributed by atoms with van der Waals surface area (Å²) in [5.74, 6) is -1.21. The monoisotopic (exact) mass is 275 g/mol. The number of rotatable bonds is 4. The fraction of sp³-hybridized carbons (Fsp3) is 0.357. The van der Waals surface area contributed by atoms with Gasteiger partial charge in [-0.05, 0) is 37.7 Å². The molecule has 2 heterocycles. The predicted octanol–water partition coefficient (Wildman–Crippen LogP) is 0.613. The number of pyridine rings is 1. The second-order valence-corrected chi connectivity index (χ2v) is 4.90. The van der Waals surface area contributed by atoms with Crippen molar-refractivity contribution in [3.8, 4) is 0 Å².